The minimum Gasteiger partial charge on any atom is -0.423 e. The molecule has 0 unspecified atom stereocenters. The molecule has 0 heterocycles. The van der Waals surface area contributed by atoms with E-state index in [-0.39, 0.29) is 0 Å². The summed E-state index contributed by atoms with van der Waals surface area (Å²) in [5.74, 6) is 0. The number of hydrogen-bond donors (Lipinski definition) is 2. The van der Waals surface area contributed by atoms with Crippen molar-refractivity contribution in [2.24, 2.45) is 0 Å². The predicted molar refractivity (Wildman–Crippen MR) is 140 cm³/mol. The van der Waals surface area contributed by atoms with Crippen molar-refractivity contribution in [1.29, 1.82) is 0 Å². The van der Waals surface area contributed by atoms with Gasteiger partial charge in [-0.15, -0.1) is 0 Å². The second kappa shape index (κ2) is 7.89. The average molecular weight is 424 g/mol. The monoisotopic (exact) mass is 424 g/mol. The Bertz CT molecular complexity index is 1580. The van der Waals surface area contributed by atoms with Gasteiger partial charge in [0.25, 0.3) is 0 Å². The molecule has 6 aromatic rings. The van der Waals surface area contributed by atoms with Crippen LogP contribution in [-0.2, 0) is 0 Å². The van der Waals surface area contributed by atoms with Gasteiger partial charge in [-0.3, -0.25) is 0 Å². The fourth-order valence-electron chi connectivity index (χ4n) is 5.05. The molecule has 0 amide bonds. The molecule has 0 aliphatic heterocycles. The second-order valence-corrected chi connectivity index (χ2v) is 8.36. The van der Waals surface area contributed by atoms with Crippen LogP contribution < -0.4 is 5.46 Å². The zero-order chi connectivity index (χ0) is 22.4. The van der Waals surface area contributed by atoms with Gasteiger partial charge in [0.2, 0.25) is 0 Å². The lowest BCUT2D eigenvalue weighted by atomic mass is 9.72. The lowest BCUT2D eigenvalue weighted by Gasteiger charge is -2.19. The lowest BCUT2D eigenvalue weighted by Crippen LogP contribution is -2.31. The lowest BCUT2D eigenvalue weighted by molar-refractivity contribution is 0.426. The highest BCUT2D eigenvalue weighted by molar-refractivity contribution is 6.66. The minimum absolute atomic E-state index is 0.550. The maximum absolute atomic E-state index is 10.3. The van der Waals surface area contributed by atoms with Gasteiger partial charge in [0, 0.05) is 0 Å². The van der Waals surface area contributed by atoms with E-state index in [0.717, 1.165) is 38.2 Å². The van der Waals surface area contributed by atoms with E-state index >= 15 is 0 Å². The van der Waals surface area contributed by atoms with E-state index in [9.17, 15) is 10.0 Å². The topological polar surface area (TPSA) is 40.5 Å². The molecule has 0 atom stereocenters. The zero-order valence-electron chi connectivity index (χ0n) is 17.9. The van der Waals surface area contributed by atoms with E-state index in [2.05, 4.69) is 72.8 Å². The van der Waals surface area contributed by atoms with Gasteiger partial charge in [-0.25, -0.2) is 0 Å². The highest BCUT2D eigenvalue weighted by Crippen LogP contribution is 2.41. The van der Waals surface area contributed by atoms with Crippen LogP contribution in [0.2, 0.25) is 0 Å². The maximum Gasteiger partial charge on any atom is 0.489 e. The smallest absolute Gasteiger partial charge is 0.423 e. The third kappa shape index (κ3) is 3.22. The number of rotatable bonds is 3. The molecule has 6 rings (SSSR count). The summed E-state index contributed by atoms with van der Waals surface area (Å²) in [5.41, 5.74) is 5.12. The Kier molecular flexibility index (Phi) is 4.72. The Morgan fingerprint density at radius 2 is 0.970 bits per heavy atom. The van der Waals surface area contributed by atoms with Gasteiger partial charge >= 0.3 is 7.12 Å². The Balaban J connectivity index is 1.82. The summed E-state index contributed by atoms with van der Waals surface area (Å²) >= 11 is 0. The summed E-state index contributed by atoms with van der Waals surface area (Å²) in [6.07, 6.45) is 0. The molecule has 0 fully saturated rings. The molecule has 0 aromatic heterocycles. The molecule has 0 bridgehead atoms. The SMILES string of the molecule is OB(O)c1c2ccccc2c(-c2cc(-c3ccccc3)cc3ccccc23)c2ccccc12. The number of benzene rings is 6. The second-order valence-electron chi connectivity index (χ2n) is 8.36. The van der Waals surface area contributed by atoms with Gasteiger partial charge in [0.15, 0.2) is 0 Å². The number of fused-ring (bicyclic) bond motifs is 3. The average Bonchev–Trinajstić information content (AvgIpc) is 2.87. The first-order valence-electron chi connectivity index (χ1n) is 11.1. The van der Waals surface area contributed by atoms with Crippen molar-refractivity contribution in [1.82, 2.24) is 0 Å². The van der Waals surface area contributed by atoms with Gasteiger partial charge in [-0.2, -0.15) is 0 Å². The van der Waals surface area contributed by atoms with E-state index in [1.165, 1.54) is 16.3 Å². The summed E-state index contributed by atoms with van der Waals surface area (Å²) in [4.78, 5) is 0. The summed E-state index contributed by atoms with van der Waals surface area (Å²) in [6.45, 7) is 0. The molecule has 6 aromatic carbocycles. The fraction of sp³-hybridized carbons (Fsp3) is 0. The molecule has 0 radical (unpaired) electrons. The molecule has 2 N–H and O–H groups in total. The number of hydrogen-bond acceptors (Lipinski definition) is 2. The van der Waals surface area contributed by atoms with Crippen LogP contribution in [0.1, 0.15) is 0 Å². The molecule has 0 saturated carbocycles. The van der Waals surface area contributed by atoms with Crippen molar-refractivity contribution in [3.8, 4) is 22.3 Å². The van der Waals surface area contributed by atoms with Crippen LogP contribution in [0.3, 0.4) is 0 Å². The van der Waals surface area contributed by atoms with Crippen LogP contribution in [0.15, 0.2) is 115 Å². The van der Waals surface area contributed by atoms with Gasteiger partial charge in [0.05, 0.1) is 0 Å². The predicted octanol–water partition coefficient (Wildman–Crippen LogP) is 6.16. The normalized spacial score (nSPS) is 11.3. The fourth-order valence-corrected chi connectivity index (χ4v) is 5.05. The van der Waals surface area contributed by atoms with Crippen LogP contribution in [0, 0.1) is 0 Å². The Labute approximate surface area is 192 Å². The molecule has 0 aliphatic carbocycles. The first kappa shape index (κ1) is 19.7. The van der Waals surface area contributed by atoms with Gasteiger partial charge in [-0.1, -0.05) is 103 Å². The molecule has 0 saturated heterocycles. The van der Waals surface area contributed by atoms with Crippen molar-refractivity contribution < 1.29 is 10.0 Å². The molecular formula is C30H21BO2. The van der Waals surface area contributed by atoms with Crippen LogP contribution in [0.4, 0.5) is 0 Å². The van der Waals surface area contributed by atoms with Crippen molar-refractivity contribution in [2.45, 2.75) is 0 Å². The first-order valence-corrected chi connectivity index (χ1v) is 11.1. The Hall–Kier alpha value is -3.92. The van der Waals surface area contributed by atoms with E-state index < -0.39 is 7.12 Å². The van der Waals surface area contributed by atoms with Crippen molar-refractivity contribution >= 4 is 44.9 Å². The molecule has 0 spiro atoms. The summed E-state index contributed by atoms with van der Waals surface area (Å²) in [5, 5.41) is 26.7. The van der Waals surface area contributed by atoms with Gasteiger partial charge < -0.3 is 10.0 Å². The standard InChI is InChI=1S/C30H21BO2/c32-31(33)30-26-16-8-6-14-24(26)29(25-15-7-9-17-27(25)30)28-19-22(20-10-2-1-3-11-20)18-21-12-4-5-13-23(21)28/h1-19,32-33H. The van der Waals surface area contributed by atoms with Crippen molar-refractivity contribution in [3.63, 3.8) is 0 Å². The van der Waals surface area contributed by atoms with Crippen molar-refractivity contribution in [2.75, 3.05) is 0 Å². The quantitative estimate of drug-likeness (QED) is 0.264. The van der Waals surface area contributed by atoms with Gasteiger partial charge in [-0.05, 0) is 72.2 Å². The van der Waals surface area contributed by atoms with Crippen LogP contribution in [0.25, 0.3) is 54.6 Å². The summed E-state index contributed by atoms with van der Waals surface area (Å²) in [6, 6.07) is 39.4. The van der Waals surface area contributed by atoms with E-state index in [4.69, 9.17) is 0 Å². The molecule has 33 heavy (non-hydrogen) atoms. The van der Waals surface area contributed by atoms with Crippen LogP contribution >= 0.6 is 0 Å². The van der Waals surface area contributed by atoms with Crippen LogP contribution in [-0.4, -0.2) is 17.2 Å². The van der Waals surface area contributed by atoms with Crippen molar-refractivity contribution in [3.05, 3.63) is 115 Å². The Morgan fingerprint density at radius 1 is 0.455 bits per heavy atom. The van der Waals surface area contributed by atoms with Gasteiger partial charge in [0.1, 0.15) is 0 Å². The minimum atomic E-state index is -1.55. The van der Waals surface area contributed by atoms with E-state index in [0.29, 0.717) is 5.46 Å². The zero-order valence-corrected chi connectivity index (χ0v) is 17.9. The highest BCUT2D eigenvalue weighted by Gasteiger charge is 2.23. The largest absolute Gasteiger partial charge is 0.489 e. The van der Waals surface area contributed by atoms with E-state index in [1.807, 2.05) is 42.5 Å². The third-order valence-corrected chi connectivity index (χ3v) is 6.47. The molecule has 0 aliphatic rings. The van der Waals surface area contributed by atoms with Crippen LogP contribution in [0.5, 0.6) is 0 Å². The summed E-state index contributed by atoms with van der Waals surface area (Å²) in [7, 11) is -1.55. The highest BCUT2D eigenvalue weighted by atomic mass is 16.4. The third-order valence-electron chi connectivity index (χ3n) is 6.47. The Morgan fingerprint density at radius 3 is 1.58 bits per heavy atom. The maximum atomic E-state index is 10.3. The molecular weight excluding hydrogens is 403 g/mol. The van der Waals surface area contributed by atoms with E-state index in [1.54, 1.807) is 0 Å². The molecule has 156 valence electrons. The first-order chi connectivity index (χ1) is 16.2. The molecule has 3 heteroatoms. The summed E-state index contributed by atoms with van der Waals surface area (Å²) < 4.78 is 0. The molecule has 2 nitrogen and oxygen atoms in total.